The second-order valence-corrected chi connectivity index (χ2v) is 4.60. The molecule has 2 unspecified atom stereocenters. The van der Waals surface area contributed by atoms with Crippen LogP contribution < -0.4 is 5.32 Å². The maximum Gasteiger partial charge on any atom is 0.00417 e. The minimum atomic E-state index is 0.696. The normalized spacial score (nSPS) is 26.4. The highest BCUT2D eigenvalue weighted by molar-refractivity contribution is 4.75. The van der Waals surface area contributed by atoms with E-state index in [0.29, 0.717) is 6.04 Å². The van der Waals surface area contributed by atoms with Gasteiger partial charge in [0.25, 0.3) is 0 Å². The Balaban J connectivity index is 2.22. The van der Waals surface area contributed by atoms with Crippen LogP contribution in [-0.4, -0.2) is 37.1 Å². The zero-order valence-corrected chi connectivity index (χ0v) is 10.1. The zero-order valence-electron chi connectivity index (χ0n) is 10.1. The molecule has 0 aromatic carbocycles. The molecule has 14 heavy (non-hydrogen) atoms. The summed E-state index contributed by atoms with van der Waals surface area (Å²) in [5, 5.41) is 3.51. The summed E-state index contributed by atoms with van der Waals surface area (Å²) >= 11 is 0. The van der Waals surface area contributed by atoms with Crippen molar-refractivity contribution in [2.75, 3.05) is 26.2 Å². The fourth-order valence-electron chi connectivity index (χ4n) is 2.56. The van der Waals surface area contributed by atoms with Gasteiger partial charge in [-0.3, -0.25) is 0 Å². The highest BCUT2D eigenvalue weighted by Crippen LogP contribution is 2.20. The van der Waals surface area contributed by atoms with Gasteiger partial charge in [0.1, 0.15) is 0 Å². The predicted octanol–water partition coefficient (Wildman–Crippen LogP) is 2.11. The van der Waals surface area contributed by atoms with E-state index in [1.165, 1.54) is 38.9 Å². The Kier molecular flexibility index (Phi) is 5.49. The number of piperidine rings is 1. The molecular formula is C12H26N2. The van der Waals surface area contributed by atoms with Gasteiger partial charge in [-0.2, -0.15) is 0 Å². The molecule has 2 nitrogen and oxygen atoms in total. The van der Waals surface area contributed by atoms with Gasteiger partial charge in [-0.05, 0) is 51.7 Å². The number of rotatable bonds is 5. The number of nitrogens with zero attached hydrogens (tertiary/aromatic N) is 1. The largest absolute Gasteiger partial charge is 0.315 e. The first-order valence-electron chi connectivity index (χ1n) is 6.22. The van der Waals surface area contributed by atoms with E-state index >= 15 is 0 Å². The molecule has 1 aliphatic heterocycles. The van der Waals surface area contributed by atoms with E-state index in [-0.39, 0.29) is 0 Å². The lowest BCUT2D eigenvalue weighted by Crippen LogP contribution is -2.38. The first-order valence-corrected chi connectivity index (χ1v) is 6.22. The standard InChI is InChI=1S/C12H26N2/c1-4-13-11(3)9-12-7-6-8-14(5-2)10-12/h11-13H,4-10H2,1-3H3. The molecule has 0 radical (unpaired) electrons. The van der Waals surface area contributed by atoms with E-state index in [0.717, 1.165) is 12.5 Å². The molecule has 0 aromatic heterocycles. The Morgan fingerprint density at radius 3 is 2.86 bits per heavy atom. The maximum absolute atomic E-state index is 3.51. The molecular weight excluding hydrogens is 172 g/mol. The zero-order chi connectivity index (χ0) is 10.4. The van der Waals surface area contributed by atoms with Crippen LogP contribution in [0.5, 0.6) is 0 Å². The third kappa shape index (κ3) is 3.97. The lowest BCUT2D eigenvalue weighted by molar-refractivity contribution is 0.168. The van der Waals surface area contributed by atoms with Gasteiger partial charge in [-0.25, -0.2) is 0 Å². The molecule has 2 atom stereocenters. The highest BCUT2D eigenvalue weighted by atomic mass is 15.1. The molecule has 1 heterocycles. The summed E-state index contributed by atoms with van der Waals surface area (Å²) < 4.78 is 0. The topological polar surface area (TPSA) is 15.3 Å². The van der Waals surface area contributed by atoms with E-state index < -0.39 is 0 Å². The molecule has 2 heteroatoms. The number of nitrogens with one attached hydrogen (secondary N) is 1. The lowest BCUT2D eigenvalue weighted by atomic mass is 9.92. The Labute approximate surface area is 89.1 Å². The summed E-state index contributed by atoms with van der Waals surface area (Å²) in [5.41, 5.74) is 0. The number of likely N-dealkylation sites (tertiary alicyclic amines) is 1. The third-order valence-corrected chi connectivity index (χ3v) is 3.29. The van der Waals surface area contributed by atoms with Gasteiger partial charge in [-0.15, -0.1) is 0 Å². The summed E-state index contributed by atoms with van der Waals surface area (Å²) in [6.07, 6.45) is 4.19. The summed E-state index contributed by atoms with van der Waals surface area (Å²) in [6.45, 7) is 11.8. The van der Waals surface area contributed by atoms with E-state index in [4.69, 9.17) is 0 Å². The van der Waals surface area contributed by atoms with Crippen molar-refractivity contribution in [2.45, 2.75) is 46.1 Å². The molecule has 0 aromatic rings. The number of hydrogen-bond donors (Lipinski definition) is 1. The molecule has 0 amide bonds. The average molecular weight is 198 g/mol. The minimum Gasteiger partial charge on any atom is -0.315 e. The molecule has 1 saturated heterocycles. The van der Waals surface area contributed by atoms with Crippen molar-refractivity contribution in [3.8, 4) is 0 Å². The molecule has 0 saturated carbocycles. The van der Waals surface area contributed by atoms with Crippen molar-refractivity contribution in [1.82, 2.24) is 10.2 Å². The first kappa shape index (κ1) is 12.0. The van der Waals surface area contributed by atoms with Crippen LogP contribution in [-0.2, 0) is 0 Å². The summed E-state index contributed by atoms with van der Waals surface area (Å²) in [7, 11) is 0. The van der Waals surface area contributed by atoms with Crippen LogP contribution in [0.2, 0.25) is 0 Å². The van der Waals surface area contributed by atoms with E-state index in [2.05, 4.69) is 31.0 Å². The van der Waals surface area contributed by atoms with Gasteiger partial charge in [0, 0.05) is 12.6 Å². The molecule has 1 rings (SSSR count). The summed E-state index contributed by atoms with van der Waals surface area (Å²) in [6, 6.07) is 0.696. The van der Waals surface area contributed by atoms with Crippen LogP contribution in [0.1, 0.15) is 40.0 Å². The predicted molar refractivity (Wildman–Crippen MR) is 62.6 cm³/mol. The van der Waals surface area contributed by atoms with Crippen molar-refractivity contribution >= 4 is 0 Å². The Bertz CT molecular complexity index is 147. The van der Waals surface area contributed by atoms with E-state index in [1.54, 1.807) is 0 Å². The molecule has 0 bridgehead atoms. The third-order valence-electron chi connectivity index (χ3n) is 3.29. The maximum atomic E-state index is 3.51. The molecule has 1 aliphatic rings. The fraction of sp³-hybridized carbons (Fsp3) is 1.00. The smallest absolute Gasteiger partial charge is 0.00417 e. The van der Waals surface area contributed by atoms with Gasteiger partial charge >= 0.3 is 0 Å². The van der Waals surface area contributed by atoms with Crippen LogP contribution in [0.4, 0.5) is 0 Å². The second-order valence-electron chi connectivity index (χ2n) is 4.60. The Morgan fingerprint density at radius 2 is 2.21 bits per heavy atom. The fourth-order valence-corrected chi connectivity index (χ4v) is 2.56. The van der Waals surface area contributed by atoms with Crippen molar-refractivity contribution in [1.29, 1.82) is 0 Å². The highest BCUT2D eigenvalue weighted by Gasteiger charge is 2.19. The SMILES string of the molecule is CCNC(C)CC1CCCN(CC)C1. The van der Waals surface area contributed by atoms with Crippen molar-refractivity contribution in [3.63, 3.8) is 0 Å². The first-order chi connectivity index (χ1) is 6.76. The molecule has 0 spiro atoms. The molecule has 0 aliphatic carbocycles. The van der Waals surface area contributed by atoms with Crippen molar-refractivity contribution in [2.24, 2.45) is 5.92 Å². The molecule has 1 N–H and O–H groups in total. The lowest BCUT2D eigenvalue weighted by Gasteiger charge is -2.33. The summed E-state index contributed by atoms with van der Waals surface area (Å²) in [4.78, 5) is 2.59. The van der Waals surface area contributed by atoms with Gasteiger partial charge < -0.3 is 10.2 Å². The van der Waals surface area contributed by atoms with Crippen LogP contribution >= 0.6 is 0 Å². The van der Waals surface area contributed by atoms with Crippen LogP contribution in [0, 0.1) is 5.92 Å². The quantitative estimate of drug-likeness (QED) is 0.728. The van der Waals surface area contributed by atoms with Gasteiger partial charge in [0.05, 0.1) is 0 Å². The average Bonchev–Trinajstić information content (AvgIpc) is 2.18. The molecule has 84 valence electrons. The van der Waals surface area contributed by atoms with Crippen LogP contribution in [0.3, 0.4) is 0 Å². The van der Waals surface area contributed by atoms with Crippen LogP contribution in [0.25, 0.3) is 0 Å². The van der Waals surface area contributed by atoms with Gasteiger partial charge in [0.2, 0.25) is 0 Å². The summed E-state index contributed by atoms with van der Waals surface area (Å²) in [5.74, 6) is 0.928. The van der Waals surface area contributed by atoms with Gasteiger partial charge in [0.15, 0.2) is 0 Å². The van der Waals surface area contributed by atoms with Crippen LogP contribution in [0.15, 0.2) is 0 Å². The Hall–Kier alpha value is -0.0800. The van der Waals surface area contributed by atoms with E-state index in [9.17, 15) is 0 Å². The Morgan fingerprint density at radius 1 is 1.43 bits per heavy atom. The minimum absolute atomic E-state index is 0.696. The van der Waals surface area contributed by atoms with E-state index in [1.807, 2.05) is 0 Å². The monoisotopic (exact) mass is 198 g/mol. The van der Waals surface area contributed by atoms with Crippen molar-refractivity contribution in [3.05, 3.63) is 0 Å². The number of hydrogen-bond acceptors (Lipinski definition) is 2. The van der Waals surface area contributed by atoms with Crippen molar-refractivity contribution < 1.29 is 0 Å². The van der Waals surface area contributed by atoms with Gasteiger partial charge in [-0.1, -0.05) is 13.8 Å². The molecule has 1 fully saturated rings. The second kappa shape index (κ2) is 6.41.